The molecular weight excluding hydrogens is 372 g/mol. The van der Waals surface area contributed by atoms with Crippen molar-refractivity contribution in [3.63, 3.8) is 0 Å². The van der Waals surface area contributed by atoms with E-state index in [2.05, 4.69) is 44.4 Å². The van der Waals surface area contributed by atoms with Gasteiger partial charge in [0.25, 0.3) is 0 Å². The van der Waals surface area contributed by atoms with Crippen LogP contribution in [-0.4, -0.2) is 59.5 Å². The lowest BCUT2D eigenvalue weighted by Crippen LogP contribution is -2.52. The molecule has 0 aliphatic carbocycles. The SMILES string of the molecule is CCNC(=NCc1ccccc1OCC)N1CCN(c2nc(CC)ns2)CC1. The van der Waals surface area contributed by atoms with Gasteiger partial charge in [-0.1, -0.05) is 25.1 Å². The van der Waals surface area contributed by atoms with Gasteiger partial charge in [0.05, 0.1) is 13.2 Å². The van der Waals surface area contributed by atoms with E-state index < -0.39 is 0 Å². The molecule has 1 saturated heterocycles. The summed E-state index contributed by atoms with van der Waals surface area (Å²) in [5.41, 5.74) is 1.11. The average Bonchev–Trinajstić information content (AvgIpc) is 3.22. The highest BCUT2D eigenvalue weighted by atomic mass is 32.1. The van der Waals surface area contributed by atoms with Gasteiger partial charge in [0.15, 0.2) is 5.96 Å². The van der Waals surface area contributed by atoms with Gasteiger partial charge in [-0.15, -0.1) is 0 Å². The first kappa shape index (κ1) is 20.4. The largest absolute Gasteiger partial charge is 0.494 e. The Kier molecular flexibility index (Phi) is 7.47. The molecule has 0 spiro atoms. The number of aryl methyl sites for hydroxylation is 1. The van der Waals surface area contributed by atoms with E-state index in [4.69, 9.17) is 9.73 Å². The van der Waals surface area contributed by atoms with Crippen molar-refractivity contribution in [1.29, 1.82) is 0 Å². The van der Waals surface area contributed by atoms with Crippen molar-refractivity contribution in [1.82, 2.24) is 19.6 Å². The first-order chi connectivity index (χ1) is 13.7. The number of anilines is 1. The molecule has 0 unspecified atom stereocenters. The highest BCUT2D eigenvalue weighted by molar-refractivity contribution is 7.09. The Hall–Kier alpha value is -2.35. The van der Waals surface area contributed by atoms with Crippen LogP contribution in [0.1, 0.15) is 32.2 Å². The summed E-state index contributed by atoms with van der Waals surface area (Å²) in [4.78, 5) is 14.1. The fourth-order valence-corrected chi connectivity index (χ4v) is 3.94. The Labute approximate surface area is 171 Å². The molecule has 0 bridgehead atoms. The fraction of sp³-hybridized carbons (Fsp3) is 0.550. The number of benzene rings is 1. The number of rotatable bonds is 7. The molecule has 0 radical (unpaired) electrons. The average molecular weight is 403 g/mol. The molecule has 1 fully saturated rings. The highest BCUT2D eigenvalue weighted by Crippen LogP contribution is 2.21. The van der Waals surface area contributed by atoms with Gasteiger partial charge in [-0.2, -0.15) is 4.37 Å². The molecule has 8 heteroatoms. The van der Waals surface area contributed by atoms with Crippen molar-refractivity contribution >= 4 is 22.6 Å². The van der Waals surface area contributed by atoms with E-state index in [0.717, 1.165) is 67.4 Å². The number of hydrogen-bond acceptors (Lipinski definition) is 6. The third-order valence-corrected chi connectivity index (χ3v) is 5.44. The molecular formula is C20H30N6OS. The zero-order chi connectivity index (χ0) is 19.8. The summed E-state index contributed by atoms with van der Waals surface area (Å²) < 4.78 is 10.1. The molecule has 0 atom stereocenters. The molecule has 0 amide bonds. The zero-order valence-corrected chi connectivity index (χ0v) is 17.8. The van der Waals surface area contributed by atoms with Crippen molar-refractivity contribution in [3.8, 4) is 5.75 Å². The van der Waals surface area contributed by atoms with Gasteiger partial charge < -0.3 is 19.9 Å². The normalized spacial score (nSPS) is 15.0. The number of nitrogens with zero attached hydrogens (tertiary/aromatic N) is 5. The third kappa shape index (κ3) is 5.13. The Balaban J connectivity index is 1.63. The Bertz CT molecular complexity index is 770. The van der Waals surface area contributed by atoms with Crippen molar-refractivity contribution in [2.75, 3.05) is 44.2 Å². The number of aromatic nitrogens is 2. The number of guanidine groups is 1. The highest BCUT2D eigenvalue weighted by Gasteiger charge is 2.22. The molecule has 2 heterocycles. The smallest absolute Gasteiger partial charge is 0.205 e. The van der Waals surface area contributed by atoms with E-state index in [0.29, 0.717) is 13.2 Å². The van der Waals surface area contributed by atoms with Crippen LogP contribution in [0.4, 0.5) is 5.13 Å². The monoisotopic (exact) mass is 402 g/mol. The second-order valence-electron chi connectivity index (χ2n) is 6.53. The van der Waals surface area contributed by atoms with Gasteiger partial charge in [0.2, 0.25) is 5.13 Å². The van der Waals surface area contributed by atoms with Crippen molar-refractivity contribution < 1.29 is 4.74 Å². The molecule has 152 valence electrons. The number of para-hydroxylation sites is 1. The van der Waals surface area contributed by atoms with E-state index in [1.165, 1.54) is 11.5 Å². The Morgan fingerprint density at radius 1 is 1.18 bits per heavy atom. The summed E-state index contributed by atoms with van der Waals surface area (Å²) in [5.74, 6) is 2.81. The minimum atomic E-state index is 0.606. The van der Waals surface area contributed by atoms with Crippen LogP contribution in [0.3, 0.4) is 0 Å². The maximum atomic E-state index is 5.73. The Morgan fingerprint density at radius 2 is 1.96 bits per heavy atom. The van der Waals surface area contributed by atoms with Crippen LogP contribution in [0, 0.1) is 0 Å². The molecule has 1 N–H and O–H groups in total. The standard InChI is InChI=1S/C20H30N6OS/c1-4-18-23-20(28-24-18)26-13-11-25(12-14-26)19(21-5-2)22-15-16-9-7-8-10-17(16)27-6-3/h7-10H,4-6,11-15H2,1-3H3,(H,21,22). The van der Waals surface area contributed by atoms with E-state index in [1.54, 1.807) is 0 Å². The van der Waals surface area contributed by atoms with Gasteiger partial charge >= 0.3 is 0 Å². The maximum Gasteiger partial charge on any atom is 0.205 e. The summed E-state index contributed by atoms with van der Waals surface area (Å²) in [6.45, 7) is 12.0. The number of aliphatic imine (C=N–C) groups is 1. The lowest BCUT2D eigenvalue weighted by molar-refractivity contribution is 0.336. The lowest BCUT2D eigenvalue weighted by Gasteiger charge is -2.36. The molecule has 1 aliphatic heterocycles. The predicted octanol–water partition coefficient (Wildman–Crippen LogP) is 2.79. The molecule has 7 nitrogen and oxygen atoms in total. The number of piperazine rings is 1. The van der Waals surface area contributed by atoms with Crippen LogP contribution >= 0.6 is 11.5 Å². The summed E-state index contributed by atoms with van der Waals surface area (Å²) in [7, 11) is 0. The quantitative estimate of drug-likeness (QED) is 0.567. The van der Waals surface area contributed by atoms with E-state index >= 15 is 0 Å². The van der Waals surface area contributed by atoms with E-state index in [-0.39, 0.29) is 0 Å². The molecule has 2 aromatic rings. The van der Waals surface area contributed by atoms with Gasteiger partial charge in [-0.05, 0) is 19.9 Å². The molecule has 0 saturated carbocycles. The number of nitrogens with one attached hydrogen (secondary N) is 1. The van der Waals surface area contributed by atoms with Gasteiger partial charge in [-0.25, -0.2) is 9.98 Å². The second kappa shape index (κ2) is 10.3. The zero-order valence-electron chi connectivity index (χ0n) is 17.0. The number of hydrogen-bond donors (Lipinski definition) is 1. The predicted molar refractivity (Wildman–Crippen MR) is 115 cm³/mol. The van der Waals surface area contributed by atoms with Crippen LogP contribution in [0.5, 0.6) is 5.75 Å². The van der Waals surface area contributed by atoms with E-state index in [9.17, 15) is 0 Å². The van der Waals surface area contributed by atoms with Gasteiger partial charge in [-0.3, -0.25) is 0 Å². The molecule has 1 aliphatic rings. The minimum Gasteiger partial charge on any atom is -0.494 e. The third-order valence-electron chi connectivity index (χ3n) is 4.63. The lowest BCUT2D eigenvalue weighted by atomic mass is 10.2. The second-order valence-corrected chi connectivity index (χ2v) is 7.26. The van der Waals surface area contributed by atoms with Gasteiger partial charge in [0, 0.05) is 56.2 Å². The summed E-state index contributed by atoms with van der Waals surface area (Å²) in [6, 6.07) is 8.12. The first-order valence-electron chi connectivity index (χ1n) is 10.1. The molecule has 28 heavy (non-hydrogen) atoms. The fourth-order valence-electron chi connectivity index (χ4n) is 3.14. The number of ether oxygens (including phenoxy) is 1. The van der Waals surface area contributed by atoms with Crippen molar-refractivity contribution in [2.24, 2.45) is 4.99 Å². The molecule has 3 rings (SSSR count). The summed E-state index contributed by atoms with van der Waals surface area (Å²) in [6.07, 6.45) is 0.886. The minimum absolute atomic E-state index is 0.606. The topological polar surface area (TPSA) is 65.9 Å². The summed E-state index contributed by atoms with van der Waals surface area (Å²) in [5, 5.41) is 4.46. The Morgan fingerprint density at radius 3 is 2.64 bits per heavy atom. The van der Waals surface area contributed by atoms with Crippen LogP contribution < -0.4 is 15.0 Å². The van der Waals surface area contributed by atoms with Crippen LogP contribution in [0.2, 0.25) is 0 Å². The van der Waals surface area contributed by atoms with Crippen molar-refractivity contribution in [3.05, 3.63) is 35.7 Å². The van der Waals surface area contributed by atoms with E-state index in [1.807, 2.05) is 25.1 Å². The molecule has 1 aromatic carbocycles. The molecule has 1 aromatic heterocycles. The first-order valence-corrected chi connectivity index (χ1v) is 10.8. The van der Waals surface area contributed by atoms with Crippen LogP contribution in [0.15, 0.2) is 29.3 Å². The van der Waals surface area contributed by atoms with Gasteiger partial charge in [0.1, 0.15) is 11.6 Å². The van der Waals surface area contributed by atoms with Crippen molar-refractivity contribution in [2.45, 2.75) is 33.7 Å². The van der Waals surface area contributed by atoms with Crippen LogP contribution in [-0.2, 0) is 13.0 Å². The van der Waals surface area contributed by atoms with Crippen LogP contribution in [0.25, 0.3) is 0 Å². The maximum absolute atomic E-state index is 5.73. The summed E-state index contributed by atoms with van der Waals surface area (Å²) >= 11 is 1.50.